The normalized spacial score (nSPS) is 20.8. The second-order valence-electron chi connectivity index (χ2n) is 6.65. The van der Waals surface area contributed by atoms with Crippen LogP contribution in [0.4, 0.5) is 0 Å². The van der Waals surface area contributed by atoms with Crippen molar-refractivity contribution in [1.82, 2.24) is 20.0 Å². The molecule has 0 spiro atoms. The first-order chi connectivity index (χ1) is 12.1. The standard InChI is InChI=1S/C19H26N4O2/c1-3-23-14(2)16(9-20-23)10-22-11-17(13-24)18(12-22)21-19(25)15-7-5-4-6-8-15/h4-9,17-18,24H,3,10-13H2,1-2H3,(H,21,25)/t17-,18+/m0/s1. The van der Waals surface area contributed by atoms with Gasteiger partial charge < -0.3 is 10.4 Å². The molecule has 1 aliphatic heterocycles. The van der Waals surface area contributed by atoms with E-state index in [-0.39, 0.29) is 24.5 Å². The lowest BCUT2D eigenvalue weighted by Gasteiger charge is -2.18. The number of aliphatic hydroxyl groups is 1. The summed E-state index contributed by atoms with van der Waals surface area (Å²) in [6.45, 7) is 7.40. The summed E-state index contributed by atoms with van der Waals surface area (Å²) in [6, 6.07) is 9.17. The van der Waals surface area contributed by atoms with Crippen molar-refractivity contribution < 1.29 is 9.90 Å². The van der Waals surface area contributed by atoms with Crippen LogP contribution in [0.5, 0.6) is 0 Å². The molecule has 2 aromatic rings. The predicted molar refractivity (Wildman–Crippen MR) is 96.2 cm³/mol. The molecule has 2 atom stereocenters. The lowest BCUT2D eigenvalue weighted by Crippen LogP contribution is -2.41. The van der Waals surface area contributed by atoms with Crippen LogP contribution >= 0.6 is 0 Å². The number of hydrogen-bond acceptors (Lipinski definition) is 4. The van der Waals surface area contributed by atoms with Crippen molar-refractivity contribution in [2.75, 3.05) is 19.7 Å². The molecule has 134 valence electrons. The van der Waals surface area contributed by atoms with Gasteiger partial charge in [-0.05, 0) is 26.0 Å². The Morgan fingerprint density at radius 1 is 1.32 bits per heavy atom. The van der Waals surface area contributed by atoms with Crippen LogP contribution in [0.15, 0.2) is 36.5 Å². The minimum absolute atomic E-state index is 0.0424. The van der Waals surface area contributed by atoms with Crippen LogP contribution in [0, 0.1) is 12.8 Å². The highest BCUT2D eigenvalue weighted by Crippen LogP contribution is 2.21. The van der Waals surface area contributed by atoms with Gasteiger partial charge in [-0.1, -0.05) is 18.2 Å². The molecule has 0 unspecified atom stereocenters. The van der Waals surface area contributed by atoms with Gasteiger partial charge in [0, 0.05) is 61.6 Å². The molecule has 6 nitrogen and oxygen atoms in total. The number of rotatable bonds is 6. The van der Waals surface area contributed by atoms with Crippen molar-refractivity contribution in [3.63, 3.8) is 0 Å². The Morgan fingerprint density at radius 3 is 2.72 bits per heavy atom. The van der Waals surface area contributed by atoms with E-state index in [1.54, 1.807) is 12.1 Å². The van der Waals surface area contributed by atoms with Crippen molar-refractivity contribution >= 4 is 5.91 Å². The molecular weight excluding hydrogens is 316 g/mol. The second-order valence-corrected chi connectivity index (χ2v) is 6.65. The number of amides is 1. The van der Waals surface area contributed by atoms with E-state index in [2.05, 4.69) is 29.2 Å². The van der Waals surface area contributed by atoms with Crippen LogP contribution in [-0.4, -0.2) is 51.4 Å². The molecule has 6 heteroatoms. The summed E-state index contributed by atoms with van der Waals surface area (Å²) in [4.78, 5) is 14.7. The third-order valence-electron chi connectivity index (χ3n) is 5.00. The van der Waals surface area contributed by atoms with Gasteiger partial charge in [0.15, 0.2) is 0 Å². The van der Waals surface area contributed by atoms with Gasteiger partial charge in [0.1, 0.15) is 0 Å². The number of carbonyl (C=O) groups excluding carboxylic acids is 1. The van der Waals surface area contributed by atoms with Gasteiger partial charge in [-0.15, -0.1) is 0 Å². The largest absolute Gasteiger partial charge is 0.396 e. The lowest BCUT2D eigenvalue weighted by molar-refractivity contribution is 0.0921. The molecule has 1 aromatic carbocycles. The highest BCUT2D eigenvalue weighted by Gasteiger charge is 2.33. The number of aryl methyl sites for hydroxylation is 1. The van der Waals surface area contributed by atoms with E-state index < -0.39 is 0 Å². The molecule has 0 radical (unpaired) electrons. The SMILES string of the molecule is CCn1ncc(CN2C[C@@H](CO)[C@H](NC(=O)c3ccccc3)C2)c1C. The predicted octanol–water partition coefficient (Wildman–Crippen LogP) is 1.43. The monoisotopic (exact) mass is 342 g/mol. The Morgan fingerprint density at radius 2 is 2.08 bits per heavy atom. The molecule has 0 aliphatic carbocycles. The number of aliphatic hydroxyl groups excluding tert-OH is 1. The number of benzene rings is 1. The molecule has 0 bridgehead atoms. The van der Waals surface area contributed by atoms with Crippen LogP contribution < -0.4 is 5.32 Å². The summed E-state index contributed by atoms with van der Waals surface area (Å²) in [5.41, 5.74) is 3.03. The van der Waals surface area contributed by atoms with Crippen LogP contribution in [0.3, 0.4) is 0 Å². The number of hydrogen-bond donors (Lipinski definition) is 2. The van der Waals surface area contributed by atoms with E-state index in [1.807, 2.05) is 29.1 Å². The average Bonchev–Trinajstić information content (AvgIpc) is 3.19. The van der Waals surface area contributed by atoms with E-state index in [0.29, 0.717) is 5.56 Å². The third-order valence-corrected chi connectivity index (χ3v) is 5.00. The van der Waals surface area contributed by atoms with Gasteiger partial charge in [0.2, 0.25) is 0 Å². The average molecular weight is 342 g/mol. The van der Waals surface area contributed by atoms with E-state index in [1.165, 1.54) is 11.3 Å². The zero-order valence-corrected chi connectivity index (χ0v) is 14.9. The molecule has 2 heterocycles. The van der Waals surface area contributed by atoms with Crippen LogP contribution in [0.2, 0.25) is 0 Å². The Hall–Kier alpha value is -2.18. The van der Waals surface area contributed by atoms with E-state index in [0.717, 1.165) is 26.2 Å². The maximum absolute atomic E-state index is 12.4. The molecule has 1 amide bonds. The molecular formula is C19H26N4O2. The van der Waals surface area contributed by atoms with Gasteiger partial charge >= 0.3 is 0 Å². The van der Waals surface area contributed by atoms with Crippen LogP contribution in [0.1, 0.15) is 28.5 Å². The maximum atomic E-state index is 12.4. The smallest absolute Gasteiger partial charge is 0.251 e. The fraction of sp³-hybridized carbons (Fsp3) is 0.474. The fourth-order valence-corrected chi connectivity index (χ4v) is 3.48. The Labute approximate surface area is 148 Å². The number of aromatic nitrogens is 2. The zero-order valence-electron chi connectivity index (χ0n) is 14.9. The summed E-state index contributed by atoms with van der Waals surface area (Å²) >= 11 is 0. The molecule has 3 rings (SSSR count). The van der Waals surface area contributed by atoms with Gasteiger partial charge in [-0.3, -0.25) is 14.4 Å². The molecule has 25 heavy (non-hydrogen) atoms. The summed E-state index contributed by atoms with van der Waals surface area (Å²) in [5.74, 6) is -0.0323. The molecule has 1 aromatic heterocycles. The first-order valence-corrected chi connectivity index (χ1v) is 8.82. The van der Waals surface area contributed by atoms with Crippen molar-refractivity contribution in [2.45, 2.75) is 33.0 Å². The highest BCUT2D eigenvalue weighted by atomic mass is 16.3. The topological polar surface area (TPSA) is 70.4 Å². The minimum atomic E-state index is -0.0825. The second kappa shape index (κ2) is 7.80. The molecule has 1 saturated heterocycles. The third kappa shape index (κ3) is 3.91. The summed E-state index contributed by atoms with van der Waals surface area (Å²) < 4.78 is 1.99. The van der Waals surface area contributed by atoms with E-state index in [4.69, 9.17) is 0 Å². The van der Waals surface area contributed by atoms with Gasteiger partial charge in [0.25, 0.3) is 5.91 Å². The number of nitrogens with zero attached hydrogens (tertiary/aromatic N) is 3. The Balaban J connectivity index is 1.64. The molecule has 1 aliphatic rings. The highest BCUT2D eigenvalue weighted by molar-refractivity contribution is 5.94. The van der Waals surface area contributed by atoms with Gasteiger partial charge in [0.05, 0.1) is 6.20 Å². The van der Waals surface area contributed by atoms with Crippen molar-refractivity contribution in [2.24, 2.45) is 5.92 Å². The quantitative estimate of drug-likeness (QED) is 0.833. The maximum Gasteiger partial charge on any atom is 0.251 e. The van der Waals surface area contributed by atoms with E-state index >= 15 is 0 Å². The number of carbonyl (C=O) groups is 1. The first kappa shape index (κ1) is 17.6. The first-order valence-electron chi connectivity index (χ1n) is 8.82. The van der Waals surface area contributed by atoms with Crippen molar-refractivity contribution in [3.05, 3.63) is 53.3 Å². The Bertz CT molecular complexity index is 713. The molecule has 1 fully saturated rings. The van der Waals surface area contributed by atoms with Gasteiger partial charge in [-0.2, -0.15) is 5.10 Å². The molecule has 2 N–H and O–H groups in total. The van der Waals surface area contributed by atoms with Crippen LogP contribution in [0.25, 0.3) is 0 Å². The lowest BCUT2D eigenvalue weighted by atomic mass is 10.0. The summed E-state index contributed by atoms with van der Waals surface area (Å²) in [7, 11) is 0. The summed E-state index contributed by atoms with van der Waals surface area (Å²) in [5, 5.41) is 17.2. The number of likely N-dealkylation sites (tertiary alicyclic amines) is 1. The summed E-state index contributed by atoms with van der Waals surface area (Å²) in [6.07, 6.45) is 1.92. The zero-order chi connectivity index (χ0) is 17.8. The van der Waals surface area contributed by atoms with Gasteiger partial charge in [-0.25, -0.2) is 0 Å². The Kier molecular flexibility index (Phi) is 5.50. The van der Waals surface area contributed by atoms with Crippen molar-refractivity contribution in [3.8, 4) is 0 Å². The fourth-order valence-electron chi connectivity index (χ4n) is 3.48. The van der Waals surface area contributed by atoms with E-state index in [9.17, 15) is 9.90 Å². The van der Waals surface area contributed by atoms with Crippen molar-refractivity contribution in [1.29, 1.82) is 0 Å². The number of nitrogens with one attached hydrogen (secondary N) is 1. The van der Waals surface area contributed by atoms with Crippen LogP contribution in [-0.2, 0) is 13.1 Å². The molecule has 0 saturated carbocycles. The minimum Gasteiger partial charge on any atom is -0.396 e.